The van der Waals surface area contributed by atoms with Gasteiger partial charge in [-0.1, -0.05) is 6.92 Å². The summed E-state index contributed by atoms with van der Waals surface area (Å²) in [4.78, 5) is 24.9. The van der Waals surface area contributed by atoms with Crippen molar-refractivity contribution in [1.82, 2.24) is 4.90 Å². The van der Waals surface area contributed by atoms with Crippen LogP contribution >= 0.6 is 0 Å². The van der Waals surface area contributed by atoms with E-state index in [9.17, 15) is 19.1 Å². The number of nitrogens with zero attached hydrogens (tertiary/aromatic N) is 1. The Labute approximate surface area is 110 Å². The van der Waals surface area contributed by atoms with Crippen molar-refractivity contribution < 1.29 is 19.1 Å². The molecule has 19 heavy (non-hydrogen) atoms. The summed E-state index contributed by atoms with van der Waals surface area (Å²) in [7, 11) is 0. The smallest absolute Gasteiger partial charge is 0.326 e. The van der Waals surface area contributed by atoms with Crippen molar-refractivity contribution in [1.29, 1.82) is 0 Å². The van der Waals surface area contributed by atoms with Crippen LogP contribution in [0.2, 0.25) is 0 Å². The van der Waals surface area contributed by atoms with Crippen LogP contribution in [0.5, 0.6) is 0 Å². The molecule has 0 bridgehead atoms. The molecule has 1 aliphatic heterocycles. The summed E-state index contributed by atoms with van der Waals surface area (Å²) in [5, 5.41) is 9.21. The fourth-order valence-electron chi connectivity index (χ4n) is 2.38. The predicted octanol–water partition coefficient (Wildman–Crippen LogP) is 2.15. The summed E-state index contributed by atoms with van der Waals surface area (Å²) < 4.78 is 12.8. The van der Waals surface area contributed by atoms with E-state index in [0.29, 0.717) is 24.4 Å². The summed E-state index contributed by atoms with van der Waals surface area (Å²) in [6.07, 6.45) is 1.25. The van der Waals surface area contributed by atoms with Crippen LogP contribution in [-0.4, -0.2) is 34.5 Å². The molecule has 1 fully saturated rings. The van der Waals surface area contributed by atoms with Crippen LogP contribution in [-0.2, 0) is 4.79 Å². The monoisotopic (exact) mass is 265 g/mol. The molecule has 1 amide bonds. The Morgan fingerprint density at radius 3 is 2.53 bits per heavy atom. The molecule has 0 radical (unpaired) electrons. The minimum Gasteiger partial charge on any atom is -0.480 e. The van der Waals surface area contributed by atoms with Gasteiger partial charge in [0.2, 0.25) is 0 Å². The Morgan fingerprint density at radius 1 is 1.32 bits per heavy atom. The summed E-state index contributed by atoms with van der Waals surface area (Å²) >= 11 is 0. The zero-order valence-electron chi connectivity index (χ0n) is 10.7. The molecule has 1 aliphatic rings. The molecule has 0 aliphatic carbocycles. The standard InChI is InChI=1S/C14H16FNO3/c1-9-6-7-16(12(8-9)14(18)19)13(17)10-2-4-11(15)5-3-10/h2-5,9,12H,6-8H2,1H3,(H,18,19). The number of halogens is 1. The van der Waals surface area contributed by atoms with E-state index in [1.165, 1.54) is 29.2 Å². The lowest BCUT2D eigenvalue weighted by Crippen LogP contribution is -2.49. The molecule has 4 nitrogen and oxygen atoms in total. The molecule has 5 heteroatoms. The molecule has 1 aromatic rings. The second kappa shape index (κ2) is 5.38. The quantitative estimate of drug-likeness (QED) is 0.891. The molecule has 1 aromatic carbocycles. The number of carboxylic acids is 1. The third kappa shape index (κ3) is 2.92. The summed E-state index contributed by atoms with van der Waals surface area (Å²) in [5.74, 6) is -1.46. The molecular formula is C14H16FNO3. The number of benzene rings is 1. The van der Waals surface area contributed by atoms with Crippen LogP contribution in [0.25, 0.3) is 0 Å². The molecular weight excluding hydrogens is 249 g/mol. The first-order valence-electron chi connectivity index (χ1n) is 6.28. The van der Waals surface area contributed by atoms with Crippen LogP contribution in [0.4, 0.5) is 4.39 Å². The zero-order chi connectivity index (χ0) is 14.0. The normalized spacial score (nSPS) is 23.2. The van der Waals surface area contributed by atoms with Gasteiger partial charge in [0.15, 0.2) is 0 Å². The second-order valence-corrected chi connectivity index (χ2v) is 4.99. The van der Waals surface area contributed by atoms with Gasteiger partial charge >= 0.3 is 5.97 Å². The maximum Gasteiger partial charge on any atom is 0.326 e. The highest BCUT2D eigenvalue weighted by molar-refractivity contribution is 5.96. The number of hydrogen-bond acceptors (Lipinski definition) is 2. The SMILES string of the molecule is CC1CCN(C(=O)c2ccc(F)cc2)C(C(=O)O)C1. The number of carbonyl (C=O) groups is 2. The van der Waals surface area contributed by atoms with Crippen LogP contribution in [0.15, 0.2) is 24.3 Å². The lowest BCUT2D eigenvalue weighted by molar-refractivity contribution is -0.144. The van der Waals surface area contributed by atoms with Gasteiger partial charge in [-0.3, -0.25) is 4.79 Å². The highest BCUT2D eigenvalue weighted by Gasteiger charge is 2.35. The first-order valence-corrected chi connectivity index (χ1v) is 6.28. The van der Waals surface area contributed by atoms with Gasteiger partial charge in [-0.25, -0.2) is 9.18 Å². The molecule has 0 saturated carbocycles. The lowest BCUT2D eigenvalue weighted by Gasteiger charge is -2.36. The van der Waals surface area contributed by atoms with Gasteiger partial charge < -0.3 is 10.0 Å². The van der Waals surface area contributed by atoms with E-state index in [-0.39, 0.29) is 5.91 Å². The maximum absolute atomic E-state index is 12.8. The van der Waals surface area contributed by atoms with Gasteiger partial charge in [0.25, 0.3) is 5.91 Å². The van der Waals surface area contributed by atoms with Crippen LogP contribution < -0.4 is 0 Å². The molecule has 1 saturated heterocycles. The van der Waals surface area contributed by atoms with Crippen LogP contribution in [0.3, 0.4) is 0 Å². The fraction of sp³-hybridized carbons (Fsp3) is 0.429. The molecule has 0 aromatic heterocycles. The van der Waals surface area contributed by atoms with Crippen molar-refractivity contribution in [3.8, 4) is 0 Å². The van der Waals surface area contributed by atoms with Gasteiger partial charge in [-0.05, 0) is 43.0 Å². The molecule has 1 heterocycles. The molecule has 2 atom stereocenters. The highest BCUT2D eigenvalue weighted by atomic mass is 19.1. The van der Waals surface area contributed by atoms with Crippen molar-refractivity contribution in [2.24, 2.45) is 5.92 Å². The Balaban J connectivity index is 2.21. The van der Waals surface area contributed by atoms with Crippen LogP contribution in [0, 0.1) is 11.7 Å². The number of aliphatic carboxylic acids is 1. The average molecular weight is 265 g/mol. The molecule has 1 N–H and O–H groups in total. The Kier molecular flexibility index (Phi) is 3.83. The number of carboxylic acid groups (broad SMARTS) is 1. The van der Waals surface area contributed by atoms with Crippen molar-refractivity contribution in [3.63, 3.8) is 0 Å². The number of likely N-dealkylation sites (tertiary alicyclic amines) is 1. The number of amides is 1. The molecule has 0 spiro atoms. The van der Waals surface area contributed by atoms with E-state index >= 15 is 0 Å². The third-order valence-corrected chi connectivity index (χ3v) is 3.50. The van der Waals surface area contributed by atoms with E-state index in [0.717, 1.165) is 6.42 Å². The van der Waals surface area contributed by atoms with E-state index in [1.807, 2.05) is 6.92 Å². The molecule has 102 valence electrons. The number of hydrogen-bond donors (Lipinski definition) is 1. The summed E-state index contributed by atoms with van der Waals surface area (Å²) in [5.41, 5.74) is 0.321. The Hall–Kier alpha value is -1.91. The minimum atomic E-state index is -0.984. The maximum atomic E-state index is 12.8. The van der Waals surface area contributed by atoms with E-state index in [1.54, 1.807) is 0 Å². The first-order chi connectivity index (χ1) is 8.99. The summed E-state index contributed by atoms with van der Waals surface area (Å²) in [6.45, 7) is 2.41. The van der Waals surface area contributed by atoms with Gasteiger partial charge in [-0.2, -0.15) is 0 Å². The van der Waals surface area contributed by atoms with E-state index < -0.39 is 17.8 Å². The zero-order valence-corrected chi connectivity index (χ0v) is 10.7. The number of carbonyl (C=O) groups excluding carboxylic acids is 1. The highest BCUT2D eigenvalue weighted by Crippen LogP contribution is 2.24. The van der Waals surface area contributed by atoms with Crippen molar-refractivity contribution >= 4 is 11.9 Å². The second-order valence-electron chi connectivity index (χ2n) is 4.99. The topological polar surface area (TPSA) is 57.6 Å². The summed E-state index contributed by atoms with van der Waals surface area (Å²) in [6, 6.07) is 4.38. The number of rotatable bonds is 2. The third-order valence-electron chi connectivity index (χ3n) is 3.50. The minimum absolute atomic E-state index is 0.290. The molecule has 2 rings (SSSR count). The van der Waals surface area contributed by atoms with Gasteiger partial charge in [0, 0.05) is 12.1 Å². The predicted molar refractivity (Wildman–Crippen MR) is 67.3 cm³/mol. The van der Waals surface area contributed by atoms with Crippen molar-refractivity contribution in [2.75, 3.05) is 6.54 Å². The van der Waals surface area contributed by atoms with Gasteiger partial charge in [-0.15, -0.1) is 0 Å². The van der Waals surface area contributed by atoms with Crippen molar-refractivity contribution in [2.45, 2.75) is 25.8 Å². The Morgan fingerprint density at radius 2 is 1.95 bits per heavy atom. The molecule has 2 unspecified atom stereocenters. The van der Waals surface area contributed by atoms with Gasteiger partial charge in [0.1, 0.15) is 11.9 Å². The average Bonchev–Trinajstić information content (AvgIpc) is 2.38. The first kappa shape index (κ1) is 13.5. The van der Waals surface area contributed by atoms with Crippen molar-refractivity contribution in [3.05, 3.63) is 35.6 Å². The lowest BCUT2D eigenvalue weighted by atomic mass is 9.92. The number of piperidine rings is 1. The van der Waals surface area contributed by atoms with E-state index in [4.69, 9.17) is 0 Å². The Bertz CT molecular complexity index is 486. The van der Waals surface area contributed by atoms with E-state index in [2.05, 4.69) is 0 Å². The van der Waals surface area contributed by atoms with Gasteiger partial charge in [0.05, 0.1) is 0 Å². The fourth-order valence-corrected chi connectivity index (χ4v) is 2.38. The van der Waals surface area contributed by atoms with Crippen LogP contribution in [0.1, 0.15) is 30.1 Å². The largest absolute Gasteiger partial charge is 0.480 e.